The van der Waals surface area contributed by atoms with Gasteiger partial charge < -0.3 is 20.4 Å². The highest BCUT2D eigenvalue weighted by Crippen LogP contribution is 2.46. The minimum absolute atomic E-state index is 0.0403. The van der Waals surface area contributed by atoms with Crippen LogP contribution in [-0.2, 0) is 21.4 Å². The maximum absolute atomic E-state index is 12.5. The lowest BCUT2D eigenvalue weighted by molar-refractivity contribution is -0.193. The van der Waals surface area contributed by atoms with Gasteiger partial charge in [-0.25, -0.2) is 9.59 Å². The van der Waals surface area contributed by atoms with Crippen LogP contribution in [0.15, 0.2) is 60.8 Å². The number of benzene rings is 2. The Labute approximate surface area is 242 Å². The molecule has 0 unspecified atom stereocenters. The van der Waals surface area contributed by atoms with Crippen LogP contribution in [-0.4, -0.2) is 76.5 Å². The van der Waals surface area contributed by atoms with Crippen LogP contribution in [0.1, 0.15) is 40.7 Å². The number of aromatic nitrogens is 1. The van der Waals surface area contributed by atoms with Crippen molar-refractivity contribution in [3.63, 3.8) is 0 Å². The first-order valence-corrected chi connectivity index (χ1v) is 13.2. The van der Waals surface area contributed by atoms with Gasteiger partial charge in [-0.15, -0.1) is 0 Å². The number of aryl methyl sites for hydroxylation is 1. The number of carbonyl (C=O) groups excluding carboxylic acids is 1. The summed E-state index contributed by atoms with van der Waals surface area (Å²) in [6, 6.07) is 18.8. The highest BCUT2D eigenvalue weighted by molar-refractivity contribution is 5.97. The molecule has 1 amide bonds. The number of piperidine rings is 1. The molecule has 1 aromatic heterocycles. The molecule has 232 valence electrons. The van der Waals surface area contributed by atoms with Gasteiger partial charge in [0.1, 0.15) is 0 Å². The van der Waals surface area contributed by atoms with Gasteiger partial charge in [0, 0.05) is 24.7 Å². The maximum atomic E-state index is 12.5. The molecule has 1 aliphatic heterocycles. The van der Waals surface area contributed by atoms with Gasteiger partial charge in [-0.05, 0) is 67.4 Å². The van der Waals surface area contributed by atoms with Crippen molar-refractivity contribution in [3.8, 4) is 0 Å². The Bertz CT molecular complexity index is 1410. The summed E-state index contributed by atoms with van der Waals surface area (Å²) in [6.07, 6.45) is -3.52. The number of rotatable bonds is 4. The topological polar surface area (TPSA) is 120 Å². The molecule has 43 heavy (non-hydrogen) atoms. The number of nitrogens with zero attached hydrogens (tertiary/aromatic N) is 2. The van der Waals surface area contributed by atoms with E-state index in [1.165, 1.54) is 25.7 Å². The number of carboxylic acid groups (broad SMARTS) is 2. The molecule has 2 aliphatic rings. The molecule has 0 saturated carbocycles. The van der Waals surface area contributed by atoms with Crippen LogP contribution in [0.5, 0.6) is 0 Å². The summed E-state index contributed by atoms with van der Waals surface area (Å²) < 4.78 is 63.5. The molecule has 1 fully saturated rings. The van der Waals surface area contributed by atoms with Crippen molar-refractivity contribution >= 4 is 28.7 Å². The summed E-state index contributed by atoms with van der Waals surface area (Å²) >= 11 is 0. The smallest absolute Gasteiger partial charge is 0.475 e. The number of halogens is 6. The van der Waals surface area contributed by atoms with E-state index in [9.17, 15) is 31.1 Å². The Morgan fingerprint density at radius 1 is 0.860 bits per heavy atom. The SMILES string of the molecule is O=C(NCCN1CCC2(CCc3ccccc32)CC1)c1cnc2ccccc2c1.O=C(O)C(F)(F)F.O=C(O)C(F)(F)F. The Hall–Kier alpha value is -4.20. The number of pyridine rings is 1. The van der Waals surface area contributed by atoms with Crippen molar-refractivity contribution < 1.29 is 50.9 Å². The lowest BCUT2D eigenvalue weighted by Crippen LogP contribution is -2.44. The Kier molecular flexibility index (Phi) is 10.7. The number of likely N-dealkylation sites (tertiary alicyclic amines) is 1. The summed E-state index contributed by atoms with van der Waals surface area (Å²) in [5, 5.41) is 18.3. The zero-order valence-electron chi connectivity index (χ0n) is 22.7. The van der Waals surface area contributed by atoms with E-state index >= 15 is 0 Å². The van der Waals surface area contributed by atoms with Crippen LogP contribution in [0, 0.1) is 0 Å². The molecule has 0 atom stereocenters. The Balaban J connectivity index is 0.000000303. The number of fused-ring (bicyclic) bond motifs is 3. The molecule has 2 aromatic carbocycles. The van der Waals surface area contributed by atoms with Crippen molar-refractivity contribution in [1.29, 1.82) is 0 Å². The van der Waals surface area contributed by atoms with Gasteiger partial charge in [-0.3, -0.25) is 9.78 Å². The van der Waals surface area contributed by atoms with Crippen LogP contribution < -0.4 is 5.32 Å². The quantitative estimate of drug-likeness (QED) is 0.346. The fourth-order valence-electron chi connectivity index (χ4n) is 5.11. The van der Waals surface area contributed by atoms with Gasteiger partial charge in [0.05, 0.1) is 11.1 Å². The normalized spacial score (nSPS) is 15.9. The summed E-state index contributed by atoms with van der Waals surface area (Å²) in [5.74, 6) is -5.55. The fraction of sp³-hybridized carbons (Fsp3) is 0.379. The molecule has 1 aliphatic carbocycles. The minimum atomic E-state index is -5.08. The fourth-order valence-corrected chi connectivity index (χ4v) is 5.11. The van der Waals surface area contributed by atoms with E-state index in [1.807, 2.05) is 30.3 Å². The molecule has 3 N–H and O–H groups in total. The second kappa shape index (κ2) is 13.8. The number of hydrogen-bond acceptors (Lipinski definition) is 5. The number of carbonyl (C=O) groups is 3. The second-order valence-electron chi connectivity index (χ2n) is 10.1. The predicted octanol–water partition coefficient (Wildman–Crippen LogP) is 5.21. The van der Waals surface area contributed by atoms with Crippen molar-refractivity contribution in [1.82, 2.24) is 15.2 Å². The summed E-state index contributed by atoms with van der Waals surface area (Å²) in [7, 11) is 0. The number of nitrogens with one attached hydrogen (secondary N) is 1. The average molecular weight is 614 g/mol. The first-order valence-electron chi connectivity index (χ1n) is 13.2. The maximum Gasteiger partial charge on any atom is 0.490 e. The predicted molar refractivity (Wildman–Crippen MR) is 144 cm³/mol. The average Bonchev–Trinajstić information content (AvgIpc) is 3.31. The molecule has 3 aromatic rings. The largest absolute Gasteiger partial charge is 0.490 e. The second-order valence-corrected chi connectivity index (χ2v) is 10.1. The molecule has 5 rings (SSSR count). The summed E-state index contributed by atoms with van der Waals surface area (Å²) in [4.78, 5) is 37.2. The zero-order valence-corrected chi connectivity index (χ0v) is 22.7. The van der Waals surface area contributed by atoms with Crippen molar-refractivity contribution in [3.05, 3.63) is 77.5 Å². The standard InChI is InChI=1S/C25H27N3O.2C2HF3O2/c29-24(21-17-20-6-2-4-8-23(20)27-18-21)26-13-16-28-14-11-25(12-15-28)10-9-19-5-1-3-7-22(19)25;2*3-2(4,5)1(6)7/h1-8,17-18H,9-16H2,(H,26,29);2*(H,6,7). The van der Waals surface area contributed by atoms with E-state index in [-0.39, 0.29) is 5.91 Å². The number of alkyl halides is 6. The minimum Gasteiger partial charge on any atom is -0.475 e. The molecular formula is C29H29F6N3O5. The van der Waals surface area contributed by atoms with Crippen LogP contribution in [0.3, 0.4) is 0 Å². The third-order valence-corrected chi connectivity index (χ3v) is 7.33. The van der Waals surface area contributed by atoms with Gasteiger partial charge in [-0.1, -0.05) is 42.5 Å². The monoisotopic (exact) mass is 613 g/mol. The first kappa shape index (κ1) is 33.3. The van der Waals surface area contributed by atoms with Gasteiger partial charge in [0.2, 0.25) is 0 Å². The molecule has 2 heterocycles. The van der Waals surface area contributed by atoms with Crippen LogP contribution in [0.4, 0.5) is 26.3 Å². The number of para-hydroxylation sites is 1. The molecule has 14 heteroatoms. The number of hydrogen-bond donors (Lipinski definition) is 3. The van der Waals surface area contributed by atoms with Crippen molar-refractivity contribution in [2.24, 2.45) is 0 Å². The lowest BCUT2D eigenvalue weighted by Gasteiger charge is -2.40. The molecule has 0 radical (unpaired) electrons. The van der Waals surface area contributed by atoms with E-state index in [4.69, 9.17) is 19.8 Å². The highest BCUT2D eigenvalue weighted by atomic mass is 19.4. The van der Waals surface area contributed by atoms with Gasteiger partial charge in [0.25, 0.3) is 5.91 Å². The van der Waals surface area contributed by atoms with E-state index in [2.05, 4.69) is 39.5 Å². The van der Waals surface area contributed by atoms with Crippen LogP contribution >= 0.6 is 0 Å². The van der Waals surface area contributed by atoms with E-state index in [1.54, 1.807) is 17.3 Å². The molecule has 0 bridgehead atoms. The van der Waals surface area contributed by atoms with Gasteiger partial charge in [-0.2, -0.15) is 26.3 Å². The molecular weight excluding hydrogens is 584 g/mol. The highest BCUT2D eigenvalue weighted by Gasteiger charge is 2.41. The molecule has 8 nitrogen and oxygen atoms in total. The molecule has 1 saturated heterocycles. The van der Waals surface area contributed by atoms with E-state index in [0.717, 1.165) is 30.5 Å². The van der Waals surface area contributed by atoms with Crippen molar-refractivity contribution in [2.75, 3.05) is 26.2 Å². The van der Waals surface area contributed by atoms with Gasteiger partial charge in [0.15, 0.2) is 0 Å². The Morgan fingerprint density at radius 2 is 1.42 bits per heavy atom. The lowest BCUT2D eigenvalue weighted by atomic mass is 9.74. The number of amides is 1. The van der Waals surface area contributed by atoms with E-state index < -0.39 is 24.3 Å². The zero-order chi connectivity index (χ0) is 31.8. The third kappa shape index (κ3) is 9.14. The molecule has 1 spiro atoms. The summed E-state index contributed by atoms with van der Waals surface area (Å²) in [5.41, 5.74) is 5.09. The van der Waals surface area contributed by atoms with Crippen LogP contribution in [0.25, 0.3) is 10.9 Å². The van der Waals surface area contributed by atoms with E-state index in [0.29, 0.717) is 17.5 Å². The summed E-state index contributed by atoms with van der Waals surface area (Å²) in [6.45, 7) is 3.81. The number of carboxylic acids is 2. The number of aliphatic carboxylic acids is 2. The third-order valence-electron chi connectivity index (χ3n) is 7.33. The van der Waals surface area contributed by atoms with Gasteiger partial charge >= 0.3 is 24.3 Å². The first-order chi connectivity index (χ1) is 20.1. The Morgan fingerprint density at radius 3 is 2.02 bits per heavy atom. The van der Waals surface area contributed by atoms with Crippen LogP contribution in [0.2, 0.25) is 0 Å². The van der Waals surface area contributed by atoms with Crippen molar-refractivity contribution in [2.45, 2.75) is 43.5 Å².